The van der Waals surface area contributed by atoms with E-state index in [2.05, 4.69) is 0 Å². The summed E-state index contributed by atoms with van der Waals surface area (Å²) in [5.74, 6) is -2.17. The van der Waals surface area contributed by atoms with E-state index in [9.17, 15) is 0 Å². The molecule has 0 amide bonds. The second kappa shape index (κ2) is 42.7. The molecule has 13 heavy (non-hydrogen) atoms. The Bertz CT molecular complexity index is 74.1. The molecule has 0 aliphatic heterocycles. The standard InChI is InChI=1S/2C2H4O2.Cu.4H2O/c2*1-2(3)4;;;;;/h2*1H3,(H,3,4);;4*1H2/q;;+2;;;;/p-2. The quantitative estimate of drug-likeness (QED) is 0.386. The Kier molecular flexibility index (Phi) is 184. The van der Waals surface area contributed by atoms with Gasteiger partial charge in [0.05, 0.1) is 0 Å². The minimum atomic E-state index is -1.08. The molecular formula is C4H14CuO8. The molecule has 89 valence electrons. The summed E-state index contributed by atoms with van der Waals surface area (Å²) >= 11 is 0. The first-order chi connectivity index (χ1) is 3.46. The molecule has 0 spiro atoms. The van der Waals surface area contributed by atoms with Crippen molar-refractivity contribution in [2.24, 2.45) is 0 Å². The van der Waals surface area contributed by atoms with Gasteiger partial charge in [-0.3, -0.25) is 0 Å². The maximum absolute atomic E-state index is 8.89. The van der Waals surface area contributed by atoms with Gasteiger partial charge in [0.15, 0.2) is 0 Å². The summed E-state index contributed by atoms with van der Waals surface area (Å²) in [5, 5.41) is 17.8. The van der Waals surface area contributed by atoms with Gasteiger partial charge in [-0.1, -0.05) is 0 Å². The van der Waals surface area contributed by atoms with Crippen LogP contribution in [0.5, 0.6) is 0 Å². The number of aliphatic carboxylic acids is 2. The average molecular weight is 254 g/mol. The van der Waals surface area contributed by atoms with E-state index in [1.165, 1.54) is 0 Å². The number of hydrogen-bond acceptors (Lipinski definition) is 4. The van der Waals surface area contributed by atoms with Gasteiger partial charge < -0.3 is 41.7 Å². The van der Waals surface area contributed by atoms with Crippen LogP contribution in [-0.4, -0.2) is 33.8 Å². The van der Waals surface area contributed by atoms with Gasteiger partial charge in [-0.15, -0.1) is 0 Å². The number of carboxylic acids is 2. The van der Waals surface area contributed by atoms with Crippen LogP contribution in [-0.2, 0) is 26.7 Å². The molecule has 0 aliphatic carbocycles. The van der Waals surface area contributed by atoms with E-state index in [-0.39, 0.29) is 39.0 Å². The first kappa shape index (κ1) is 55.9. The van der Waals surface area contributed by atoms with Crippen LogP contribution in [0.4, 0.5) is 0 Å². The maximum atomic E-state index is 8.89. The molecule has 0 aromatic carbocycles. The Labute approximate surface area is 85.3 Å². The molecule has 9 heteroatoms. The topological polar surface area (TPSA) is 206 Å². The summed E-state index contributed by atoms with van der Waals surface area (Å²) in [4.78, 5) is 17.8. The van der Waals surface area contributed by atoms with Crippen LogP contribution in [0.1, 0.15) is 13.8 Å². The molecule has 0 aliphatic rings. The molecule has 0 atom stereocenters. The molecule has 0 unspecified atom stereocenters. The van der Waals surface area contributed by atoms with E-state index in [1.807, 2.05) is 0 Å². The molecule has 0 bridgehead atoms. The predicted octanol–water partition coefficient (Wildman–Crippen LogP) is -5.79. The average Bonchev–Trinajstić information content (AvgIpc) is 1.25. The zero-order chi connectivity index (χ0) is 7.15. The van der Waals surface area contributed by atoms with Crippen molar-refractivity contribution in [3.63, 3.8) is 0 Å². The maximum Gasteiger partial charge on any atom is 2.00 e. The normalized spacial score (nSPS) is 3.85. The smallest absolute Gasteiger partial charge is 0.550 e. The zero-order valence-corrected chi connectivity index (χ0v) is 7.88. The third-order valence-electron chi connectivity index (χ3n) is 0. The van der Waals surface area contributed by atoms with Crippen molar-refractivity contribution in [1.29, 1.82) is 0 Å². The van der Waals surface area contributed by atoms with Gasteiger partial charge >= 0.3 is 17.1 Å². The van der Waals surface area contributed by atoms with Crippen LogP contribution in [0.2, 0.25) is 0 Å². The molecule has 8 nitrogen and oxygen atoms in total. The van der Waals surface area contributed by atoms with E-state index in [0.717, 1.165) is 13.8 Å². The van der Waals surface area contributed by atoms with Crippen molar-refractivity contribution in [1.82, 2.24) is 0 Å². The van der Waals surface area contributed by atoms with Crippen molar-refractivity contribution in [2.75, 3.05) is 0 Å². The van der Waals surface area contributed by atoms with E-state index in [1.54, 1.807) is 0 Å². The number of rotatable bonds is 0. The van der Waals surface area contributed by atoms with E-state index in [0.29, 0.717) is 0 Å². The summed E-state index contributed by atoms with van der Waals surface area (Å²) in [6, 6.07) is 0. The van der Waals surface area contributed by atoms with E-state index < -0.39 is 11.9 Å². The van der Waals surface area contributed by atoms with Crippen molar-refractivity contribution in [3.8, 4) is 0 Å². The Morgan fingerprint density at radius 1 is 0.769 bits per heavy atom. The van der Waals surface area contributed by atoms with Gasteiger partial charge in [0.2, 0.25) is 0 Å². The van der Waals surface area contributed by atoms with E-state index >= 15 is 0 Å². The molecule has 0 aromatic rings. The van der Waals surface area contributed by atoms with Gasteiger partial charge in [0.1, 0.15) is 0 Å². The van der Waals surface area contributed by atoms with Crippen LogP contribution in [0.25, 0.3) is 0 Å². The first-order valence-electron chi connectivity index (χ1n) is 1.82. The molecule has 0 aromatic heterocycles. The van der Waals surface area contributed by atoms with Gasteiger partial charge in [-0.2, -0.15) is 0 Å². The van der Waals surface area contributed by atoms with Crippen LogP contribution in [0.15, 0.2) is 0 Å². The van der Waals surface area contributed by atoms with Crippen molar-refractivity contribution in [2.45, 2.75) is 13.8 Å². The summed E-state index contributed by atoms with van der Waals surface area (Å²) < 4.78 is 0. The zero-order valence-electron chi connectivity index (χ0n) is 6.93. The number of carbonyl (C=O) groups is 2. The largest absolute Gasteiger partial charge is 2.00 e. The molecule has 0 fully saturated rings. The molecule has 0 saturated carbocycles. The fraction of sp³-hybridized carbons (Fsp3) is 0.500. The monoisotopic (exact) mass is 253 g/mol. The van der Waals surface area contributed by atoms with Crippen molar-refractivity contribution in [3.05, 3.63) is 0 Å². The fourth-order valence-corrected chi connectivity index (χ4v) is 0. The first-order valence-corrected chi connectivity index (χ1v) is 1.82. The van der Waals surface area contributed by atoms with Gasteiger partial charge in [0, 0.05) is 11.9 Å². The molecule has 1 radical (unpaired) electrons. The molecule has 0 saturated heterocycles. The Morgan fingerprint density at radius 2 is 0.769 bits per heavy atom. The summed E-state index contributed by atoms with van der Waals surface area (Å²) in [6.07, 6.45) is 0. The van der Waals surface area contributed by atoms with Gasteiger partial charge in [0.25, 0.3) is 0 Å². The van der Waals surface area contributed by atoms with Crippen LogP contribution in [0.3, 0.4) is 0 Å². The van der Waals surface area contributed by atoms with E-state index in [4.69, 9.17) is 19.8 Å². The van der Waals surface area contributed by atoms with Gasteiger partial charge in [-0.05, 0) is 13.8 Å². The number of hydrogen-bond donors (Lipinski definition) is 0. The van der Waals surface area contributed by atoms with Crippen molar-refractivity contribution >= 4 is 11.9 Å². The third kappa shape index (κ3) is 1990. The predicted molar refractivity (Wildman–Crippen MR) is 35.8 cm³/mol. The minimum Gasteiger partial charge on any atom is -0.550 e. The fourth-order valence-electron chi connectivity index (χ4n) is 0. The van der Waals surface area contributed by atoms with Crippen LogP contribution in [0, 0.1) is 0 Å². The molecule has 0 heterocycles. The van der Waals surface area contributed by atoms with Crippen LogP contribution >= 0.6 is 0 Å². The van der Waals surface area contributed by atoms with Gasteiger partial charge in [-0.25, -0.2) is 0 Å². The van der Waals surface area contributed by atoms with Crippen molar-refractivity contribution < 1.29 is 58.8 Å². The molecular weight excluding hydrogens is 240 g/mol. The Morgan fingerprint density at radius 3 is 0.769 bits per heavy atom. The minimum absolute atomic E-state index is 0. The third-order valence-corrected chi connectivity index (χ3v) is 0. The summed E-state index contributed by atoms with van der Waals surface area (Å²) in [7, 11) is 0. The number of carbonyl (C=O) groups excluding carboxylic acids is 2. The summed E-state index contributed by atoms with van der Waals surface area (Å²) in [6.45, 7) is 1.94. The number of carboxylic acid groups (broad SMARTS) is 2. The second-order valence-corrected chi connectivity index (χ2v) is 0.983. The Balaban J connectivity index is -0.00000000800. The van der Waals surface area contributed by atoms with Crippen LogP contribution < -0.4 is 10.2 Å². The second-order valence-electron chi connectivity index (χ2n) is 0.983. The molecule has 0 rings (SSSR count). The Hall–Kier alpha value is -0.701. The SMILES string of the molecule is CC(=O)[O-].CC(=O)[O-].O.O.O.O.[Cu+2]. The molecule has 8 N–H and O–H groups in total. The summed E-state index contributed by atoms with van der Waals surface area (Å²) in [5.41, 5.74) is 0.